The summed E-state index contributed by atoms with van der Waals surface area (Å²) in [7, 11) is 0. The van der Waals surface area contributed by atoms with Crippen molar-refractivity contribution >= 4 is 15.9 Å². The number of hydrogen-bond acceptors (Lipinski definition) is 1. The number of aliphatic hydroxyl groups is 1. The van der Waals surface area contributed by atoms with Crippen LogP contribution in [-0.4, -0.2) is 11.3 Å². The van der Waals surface area contributed by atoms with Gasteiger partial charge in [0.1, 0.15) is 5.82 Å². The van der Waals surface area contributed by atoms with Crippen LogP contribution in [0.5, 0.6) is 0 Å². The van der Waals surface area contributed by atoms with Gasteiger partial charge in [-0.1, -0.05) is 12.1 Å². The highest BCUT2D eigenvalue weighted by Crippen LogP contribution is 2.29. The first kappa shape index (κ1) is 14.4. The highest BCUT2D eigenvalue weighted by Gasteiger charge is 2.27. The number of aliphatic hydroxyl groups excluding tert-OH is 1. The molecule has 0 aromatic heterocycles. The fourth-order valence-electron chi connectivity index (χ4n) is 1.43. The van der Waals surface area contributed by atoms with Gasteiger partial charge in [0.25, 0.3) is 0 Å². The molecule has 0 amide bonds. The van der Waals surface area contributed by atoms with Crippen LogP contribution in [0.25, 0.3) is 0 Å². The van der Waals surface area contributed by atoms with Crippen LogP contribution in [-0.2, 0) is 0 Å². The minimum atomic E-state index is -4.24. The first-order valence-corrected chi connectivity index (χ1v) is 5.79. The third-order valence-corrected chi connectivity index (χ3v) is 2.89. The molecule has 0 aliphatic rings. The average Bonchev–Trinajstić information content (AvgIpc) is 2.20. The second-order valence-electron chi connectivity index (χ2n) is 3.67. The zero-order valence-electron chi connectivity index (χ0n) is 8.77. The third kappa shape index (κ3) is 4.63. The lowest BCUT2D eigenvalue weighted by Gasteiger charge is -2.13. The van der Waals surface area contributed by atoms with Crippen molar-refractivity contribution in [3.63, 3.8) is 0 Å². The van der Waals surface area contributed by atoms with E-state index in [1.807, 2.05) is 0 Å². The lowest BCUT2D eigenvalue weighted by molar-refractivity contribution is -0.136. The van der Waals surface area contributed by atoms with E-state index < -0.39 is 24.5 Å². The quantitative estimate of drug-likeness (QED) is 0.819. The Bertz CT molecular complexity index is 378. The molecule has 0 saturated heterocycles. The molecular formula is C11H11BrF4O. The van der Waals surface area contributed by atoms with Crippen molar-refractivity contribution in [2.24, 2.45) is 0 Å². The molecule has 0 bridgehead atoms. The first-order chi connectivity index (χ1) is 7.81. The molecule has 0 fully saturated rings. The van der Waals surface area contributed by atoms with Crippen molar-refractivity contribution in [2.45, 2.75) is 31.5 Å². The summed E-state index contributed by atoms with van der Waals surface area (Å²) in [5.74, 6) is -0.632. The number of rotatable bonds is 4. The topological polar surface area (TPSA) is 20.2 Å². The van der Waals surface area contributed by atoms with E-state index in [1.165, 1.54) is 18.2 Å². The monoisotopic (exact) mass is 314 g/mol. The second-order valence-corrected chi connectivity index (χ2v) is 4.52. The Morgan fingerprint density at radius 2 is 1.94 bits per heavy atom. The summed E-state index contributed by atoms with van der Waals surface area (Å²) in [4.78, 5) is 0. The smallest absolute Gasteiger partial charge is 0.388 e. The molecule has 1 aromatic rings. The van der Waals surface area contributed by atoms with Gasteiger partial charge in [-0.05, 0) is 34.8 Å². The van der Waals surface area contributed by atoms with Crippen molar-refractivity contribution < 1.29 is 22.7 Å². The minimum Gasteiger partial charge on any atom is -0.388 e. The van der Waals surface area contributed by atoms with Gasteiger partial charge in [0.15, 0.2) is 0 Å². The minimum absolute atomic E-state index is 0.0153. The van der Waals surface area contributed by atoms with Gasteiger partial charge in [0.2, 0.25) is 0 Å². The zero-order chi connectivity index (χ0) is 13.1. The molecule has 0 aliphatic carbocycles. The van der Waals surface area contributed by atoms with Crippen molar-refractivity contribution in [1.82, 2.24) is 0 Å². The maximum absolute atomic E-state index is 13.5. The summed E-state index contributed by atoms with van der Waals surface area (Å²) < 4.78 is 49.3. The lowest BCUT2D eigenvalue weighted by Crippen LogP contribution is -2.08. The second kappa shape index (κ2) is 5.82. The highest BCUT2D eigenvalue weighted by molar-refractivity contribution is 9.10. The molecule has 0 aliphatic heterocycles. The fourth-order valence-corrected chi connectivity index (χ4v) is 1.81. The van der Waals surface area contributed by atoms with Crippen LogP contribution in [0.15, 0.2) is 22.7 Å². The predicted octanol–water partition coefficient (Wildman–Crippen LogP) is 4.35. The van der Waals surface area contributed by atoms with Gasteiger partial charge in [-0.15, -0.1) is 0 Å². The molecule has 1 aromatic carbocycles. The molecule has 0 spiro atoms. The van der Waals surface area contributed by atoms with Crippen LogP contribution < -0.4 is 0 Å². The van der Waals surface area contributed by atoms with Crippen LogP contribution >= 0.6 is 15.9 Å². The van der Waals surface area contributed by atoms with E-state index in [4.69, 9.17) is 0 Å². The molecule has 0 radical (unpaired) electrons. The molecule has 0 heterocycles. The molecule has 0 saturated carbocycles. The average molecular weight is 315 g/mol. The van der Waals surface area contributed by atoms with Crippen molar-refractivity contribution in [3.8, 4) is 0 Å². The predicted molar refractivity (Wildman–Crippen MR) is 59.0 cm³/mol. The molecule has 1 N–H and O–H groups in total. The molecule has 96 valence electrons. The van der Waals surface area contributed by atoms with Gasteiger partial charge in [-0.3, -0.25) is 0 Å². The summed E-state index contributed by atoms with van der Waals surface area (Å²) in [6.07, 6.45) is -6.77. The molecular weight excluding hydrogens is 304 g/mol. The lowest BCUT2D eigenvalue weighted by atomic mass is 10.0. The Labute approximate surface area is 105 Å². The van der Waals surface area contributed by atoms with Crippen LogP contribution in [0.1, 0.15) is 30.9 Å². The van der Waals surface area contributed by atoms with Gasteiger partial charge in [0, 0.05) is 12.0 Å². The maximum atomic E-state index is 13.5. The zero-order valence-corrected chi connectivity index (χ0v) is 10.4. The van der Waals surface area contributed by atoms with E-state index in [-0.39, 0.29) is 22.9 Å². The van der Waals surface area contributed by atoms with E-state index in [1.54, 1.807) is 0 Å². The Morgan fingerprint density at radius 3 is 2.53 bits per heavy atom. The van der Waals surface area contributed by atoms with Crippen LogP contribution in [0.3, 0.4) is 0 Å². The number of alkyl halides is 3. The van der Waals surface area contributed by atoms with Gasteiger partial charge < -0.3 is 5.11 Å². The van der Waals surface area contributed by atoms with E-state index in [2.05, 4.69) is 15.9 Å². The Morgan fingerprint density at radius 1 is 1.29 bits per heavy atom. The Kier molecular flexibility index (Phi) is 4.94. The van der Waals surface area contributed by atoms with E-state index >= 15 is 0 Å². The Balaban J connectivity index is 2.58. The fraction of sp³-hybridized carbons (Fsp3) is 0.455. The van der Waals surface area contributed by atoms with E-state index in [9.17, 15) is 22.7 Å². The van der Waals surface area contributed by atoms with E-state index in [0.717, 1.165) is 0 Å². The molecule has 6 heteroatoms. The van der Waals surface area contributed by atoms with E-state index in [0.29, 0.717) is 0 Å². The van der Waals surface area contributed by atoms with Crippen LogP contribution in [0.2, 0.25) is 0 Å². The normalized spacial score (nSPS) is 13.8. The van der Waals surface area contributed by atoms with Gasteiger partial charge in [-0.25, -0.2) is 4.39 Å². The maximum Gasteiger partial charge on any atom is 0.389 e. The number of benzene rings is 1. The summed E-state index contributed by atoms with van der Waals surface area (Å²) in [5.41, 5.74) is 0.0153. The summed E-state index contributed by atoms with van der Waals surface area (Å²) in [6.45, 7) is 0. The molecule has 17 heavy (non-hydrogen) atoms. The highest BCUT2D eigenvalue weighted by atomic mass is 79.9. The summed E-state index contributed by atoms with van der Waals surface area (Å²) in [5, 5.41) is 9.59. The third-order valence-electron chi connectivity index (χ3n) is 2.28. The number of hydrogen-bond donors (Lipinski definition) is 1. The van der Waals surface area contributed by atoms with Crippen molar-refractivity contribution in [2.75, 3.05) is 0 Å². The molecule has 1 atom stereocenters. The molecule has 1 unspecified atom stereocenters. The molecule has 1 rings (SSSR count). The largest absolute Gasteiger partial charge is 0.389 e. The van der Waals surface area contributed by atoms with Crippen LogP contribution in [0, 0.1) is 5.82 Å². The van der Waals surface area contributed by atoms with Gasteiger partial charge >= 0.3 is 6.18 Å². The van der Waals surface area contributed by atoms with Gasteiger partial charge in [-0.2, -0.15) is 13.2 Å². The van der Waals surface area contributed by atoms with Crippen molar-refractivity contribution in [3.05, 3.63) is 34.1 Å². The SMILES string of the molecule is OC(CCCC(F)(F)F)c1cccc(Br)c1F. The summed E-state index contributed by atoms with van der Waals surface area (Å²) in [6, 6.07) is 4.34. The van der Waals surface area contributed by atoms with Gasteiger partial charge in [0.05, 0.1) is 10.6 Å². The number of halogens is 5. The van der Waals surface area contributed by atoms with Crippen molar-refractivity contribution in [1.29, 1.82) is 0 Å². The molecule has 1 nitrogen and oxygen atoms in total. The first-order valence-electron chi connectivity index (χ1n) is 5.00. The standard InChI is InChI=1S/C11H11BrF4O/c12-8-4-1-3-7(10(8)13)9(17)5-2-6-11(14,15)16/h1,3-4,9,17H,2,5-6H2. The van der Waals surface area contributed by atoms with Crippen LogP contribution in [0.4, 0.5) is 17.6 Å². The Hall–Kier alpha value is -0.620. The summed E-state index contributed by atoms with van der Waals surface area (Å²) >= 11 is 2.95.